The number of nitrogens with zero attached hydrogens (tertiary/aromatic N) is 1. The summed E-state index contributed by atoms with van der Waals surface area (Å²) in [7, 11) is 0. The molecule has 0 saturated carbocycles. The van der Waals surface area contributed by atoms with Gasteiger partial charge in [-0.2, -0.15) is 0 Å². The molecule has 0 unspecified atom stereocenters. The lowest BCUT2D eigenvalue weighted by Crippen LogP contribution is -2.24. The number of carbonyl (C=O) groups excluding carboxylic acids is 1. The van der Waals surface area contributed by atoms with Crippen LogP contribution in [-0.2, 0) is 28.4 Å². The van der Waals surface area contributed by atoms with E-state index in [4.69, 9.17) is 4.74 Å². The van der Waals surface area contributed by atoms with Gasteiger partial charge in [-0.3, -0.25) is 4.79 Å². The molecule has 2 aromatic carbocycles. The second-order valence-corrected chi connectivity index (χ2v) is 7.90. The summed E-state index contributed by atoms with van der Waals surface area (Å²) >= 11 is 3.29. The fraction of sp³-hybridized carbons (Fsp3) is 0.300. The number of benzene rings is 2. The molecule has 1 heterocycles. The molecule has 1 N–H and O–H groups in total. The molecule has 0 saturated heterocycles. The Hall–Kier alpha value is -1.89. The molecule has 4 nitrogen and oxygen atoms in total. The largest absolute Gasteiger partial charge is 0.377 e. The maximum Gasteiger partial charge on any atom is 0.230 e. The van der Waals surface area contributed by atoms with E-state index in [0.717, 1.165) is 27.4 Å². The topological polar surface area (TPSA) is 51.2 Å². The molecule has 136 valence electrons. The lowest BCUT2D eigenvalue weighted by molar-refractivity contribution is -0.118. The smallest absolute Gasteiger partial charge is 0.230 e. The van der Waals surface area contributed by atoms with Gasteiger partial charge in [-0.15, -0.1) is 23.1 Å². The van der Waals surface area contributed by atoms with Gasteiger partial charge in [0.05, 0.1) is 22.6 Å². The summed E-state index contributed by atoms with van der Waals surface area (Å²) in [5.41, 5.74) is 3.27. The lowest BCUT2D eigenvalue weighted by atomic mass is 10.1. The molecule has 0 atom stereocenters. The first-order chi connectivity index (χ1) is 12.7. The van der Waals surface area contributed by atoms with E-state index >= 15 is 0 Å². The number of ether oxygens (including phenoxy) is 1. The number of hydrogen-bond acceptors (Lipinski definition) is 5. The second kappa shape index (κ2) is 9.71. The summed E-state index contributed by atoms with van der Waals surface area (Å²) in [4.78, 5) is 16.6. The van der Waals surface area contributed by atoms with Gasteiger partial charge in [0.25, 0.3) is 0 Å². The van der Waals surface area contributed by atoms with Crippen LogP contribution in [0.2, 0.25) is 0 Å². The highest BCUT2D eigenvalue weighted by Gasteiger charge is 2.06. The predicted molar refractivity (Wildman–Crippen MR) is 109 cm³/mol. The Kier molecular flexibility index (Phi) is 7.05. The highest BCUT2D eigenvalue weighted by Crippen LogP contribution is 2.24. The third-order valence-corrected chi connectivity index (χ3v) is 5.95. The lowest BCUT2D eigenvalue weighted by Gasteiger charge is -2.06. The number of thiazole rings is 1. The van der Waals surface area contributed by atoms with Gasteiger partial charge in [-0.05, 0) is 30.2 Å². The number of carbonyl (C=O) groups is 1. The highest BCUT2D eigenvalue weighted by atomic mass is 32.2. The van der Waals surface area contributed by atoms with Crippen LogP contribution in [0.3, 0.4) is 0 Å². The third-order valence-electron chi connectivity index (χ3n) is 3.78. The Morgan fingerprint density at radius 1 is 1.15 bits per heavy atom. The average Bonchev–Trinajstić information content (AvgIpc) is 3.08. The number of nitrogens with one attached hydrogen (secondary N) is 1. The van der Waals surface area contributed by atoms with E-state index in [1.165, 1.54) is 4.70 Å². The van der Waals surface area contributed by atoms with E-state index in [2.05, 4.69) is 16.4 Å². The van der Waals surface area contributed by atoms with E-state index in [1.54, 1.807) is 23.1 Å². The summed E-state index contributed by atoms with van der Waals surface area (Å²) in [5, 5.41) is 4.03. The summed E-state index contributed by atoms with van der Waals surface area (Å²) in [6.07, 6.45) is 0. The molecule has 1 aromatic heterocycles. The van der Waals surface area contributed by atoms with Crippen molar-refractivity contribution in [1.29, 1.82) is 0 Å². The van der Waals surface area contributed by atoms with Crippen LogP contribution in [0.5, 0.6) is 0 Å². The number of fused-ring (bicyclic) bond motifs is 1. The molecule has 0 aliphatic carbocycles. The quantitative estimate of drug-likeness (QED) is 0.593. The van der Waals surface area contributed by atoms with Gasteiger partial charge in [0.2, 0.25) is 5.91 Å². The van der Waals surface area contributed by atoms with Crippen LogP contribution in [0.25, 0.3) is 10.2 Å². The Morgan fingerprint density at radius 2 is 1.92 bits per heavy atom. The minimum Gasteiger partial charge on any atom is -0.377 e. The number of thioether (sulfide) groups is 1. The molecule has 1 amide bonds. The monoisotopic (exact) mass is 386 g/mol. The fourth-order valence-corrected chi connectivity index (χ4v) is 4.31. The third kappa shape index (κ3) is 5.56. The number of aromatic nitrogens is 1. The van der Waals surface area contributed by atoms with Crippen molar-refractivity contribution in [3.8, 4) is 0 Å². The molecule has 26 heavy (non-hydrogen) atoms. The first-order valence-corrected chi connectivity index (χ1v) is 10.6. The van der Waals surface area contributed by atoms with Gasteiger partial charge in [-0.25, -0.2) is 4.98 Å². The SMILES string of the molecule is CCOCc1ccc(CNC(=O)CSCc2nc3ccccc3s2)cc1. The molecular weight excluding hydrogens is 364 g/mol. The zero-order valence-corrected chi connectivity index (χ0v) is 16.4. The zero-order chi connectivity index (χ0) is 18.2. The predicted octanol–water partition coefficient (Wildman–Crippen LogP) is 4.38. The van der Waals surface area contributed by atoms with Crippen LogP contribution in [0.15, 0.2) is 48.5 Å². The first-order valence-electron chi connectivity index (χ1n) is 8.59. The van der Waals surface area contributed by atoms with Gasteiger partial charge >= 0.3 is 0 Å². The maximum atomic E-state index is 12.0. The Morgan fingerprint density at radius 3 is 2.69 bits per heavy atom. The van der Waals surface area contributed by atoms with Crippen LogP contribution in [0.1, 0.15) is 23.1 Å². The number of amides is 1. The number of rotatable bonds is 9. The van der Waals surface area contributed by atoms with Gasteiger partial charge in [-0.1, -0.05) is 36.4 Å². The van der Waals surface area contributed by atoms with Crippen molar-refractivity contribution in [2.45, 2.75) is 25.8 Å². The van der Waals surface area contributed by atoms with E-state index in [1.807, 2.05) is 49.4 Å². The molecule has 0 bridgehead atoms. The summed E-state index contributed by atoms with van der Waals surface area (Å²) in [6.45, 7) is 3.88. The second-order valence-electron chi connectivity index (χ2n) is 5.80. The van der Waals surface area contributed by atoms with Gasteiger partial charge in [0, 0.05) is 18.9 Å². The van der Waals surface area contributed by atoms with Crippen molar-refractivity contribution in [2.24, 2.45) is 0 Å². The minimum atomic E-state index is 0.0505. The standard InChI is InChI=1S/C20H22N2O2S2/c1-2-24-12-16-9-7-15(8-10-16)11-21-19(23)13-25-14-20-22-17-5-3-4-6-18(17)26-20/h3-10H,2,11-14H2,1H3,(H,21,23). The highest BCUT2D eigenvalue weighted by molar-refractivity contribution is 7.99. The average molecular weight is 387 g/mol. The zero-order valence-electron chi connectivity index (χ0n) is 14.7. The van der Waals surface area contributed by atoms with E-state index in [9.17, 15) is 4.79 Å². The van der Waals surface area contributed by atoms with Crippen LogP contribution in [0.4, 0.5) is 0 Å². The van der Waals surface area contributed by atoms with Crippen molar-refractivity contribution in [3.63, 3.8) is 0 Å². The van der Waals surface area contributed by atoms with Crippen LogP contribution in [-0.4, -0.2) is 23.3 Å². The molecule has 3 aromatic rings. The van der Waals surface area contributed by atoms with E-state index < -0.39 is 0 Å². The van der Waals surface area contributed by atoms with Gasteiger partial charge in [0.15, 0.2) is 0 Å². The molecule has 6 heteroatoms. The summed E-state index contributed by atoms with van der Waals surface area (Å²) in [6, 6.07) is 16.3. The van der Waals surface area contributed by atoms with Crippen LogP contribution >= 0.6 is 23.1 Å². The van der Waals surface area contributed by atoms with Crippen LogP contribution < -0.4 is 5.32 Å². The molecular formula is C20H22N2O2S2. The van der Waals surface area contributed by atoms with Crippen molar-refractivity contribution in [3.05, 3.63) is 64.7 Å². The fourth-order valence-electron chi connectivity index (χ4n) is 2.44. The summed E-state index contributed by atoms with van der Waals surface area (Å²) < 4.78 is 6.58. The van der Waals surface area contributed by atoms with Crippen molar-refractivity contribution < 1.29 is 9.53 Å². The molecule has 0 aliphatic heterocycles. The Bertz CT molecular complexity index is 813. The molecule has 0 aliphatic rings. The van der Waals surface area contributed by atoms with E-state index in [-0.39, 0.29) is 5.91 Å². The molecule has 0 spiro atoms. The minimum absolute atomic E-state index is 0.0505. The van der Waals surface area contributed by atoms with Gasteiger partial charge in [0.1, 0.15) is 5.01 Å². The normalized spacial score (nSPS) is 11.0. The van der Waals surface area contributed by atoms with Crippen molar-refractivity contribution >= 4 is 39.2 Å². The van der Waals surface area contributed by atoms with Gasteiger partial charge < -0.3 is 10.1 Å². The van der Waals surface area contributed by atoms with Crippen molar-refractivity contribution in [2.75, 3.05) is 12.4 Å². The number of hydrogen-bond donors (Lipinski definition) is 1. The molecule has 0 fully saturated rings. The van der Waals surface area contributed by atoms with Crippen LogP contribution in [0, 0.1) is 0 Å². The maximum absolute atomic E-state index is 12.0. The molecule has 0 radical (unpaired) electrons. The van der Waals surface area contributed by atoms with Crippen molar-refractivity contribution in [1.82, 2.24) is 10.3 Å². The van der Waals surface area contributed by atoms with E-state index in [0.29, 0.717) is 25.5 Å². The number of para-hydroxylation sites is 1. The Labute approximate surface area is 162 Å². The first kappa shape index (κ1) is 18.9. The summed E-state index contributed by atoms with van der Waals surface area (Å²) in [5.74, 6) is 1.26. The Balaban J connectivity index is 1.38. The molecule has 3 rings (SSSR count).